The molecular weight excluding hydrogens is 238 g/mol. The van der Waals surface area contributed by atoms with Crippen molar-refractivity contribution < 1.29 is 14.5 Å². The van der Waals surface area contributed by atoms with Gasteiger partial charge in [0.2, 0.25) is 0 Å². The molecule has 7 heteroatoms. The van der Waals surface area contributed by atoms with Crippen molar-refractivity contribution in [3.05, 3.63) is 27.9 Å². The SMILES string of the molecule is CCN(CC(=O)OC)c1ncc([N+](=O)[O-])cc1C. The van der Waals surface area contributed by atoms with Crippen molar-refractivity contribution in [2.45, 2.75) is 13.8 Å². The van der Waals surface area contributed by atoms with Gasteiger partial charge in [-0.05, 0) is 19.4 Å². The number of esters is 1. The van der Waals surface area contributed by atoms with Crippen LogP contribution in [0.2, 0.25) is 0 Å². The molecule has 0 unspecified atom stereocenters. The first-order chi connectivity index (χ1) is 8.49. The molecule has 1 aromatic heterocycles. The third-order valence-corrected chi connectivity index (χ3v) is 2.48. The number of methoxy groups -OCH3 is 1. The summed E-state index contributed by atoms with van der Waals surface area (Å²) in [5, 5.41) is 10.6. The molecule has 0 spiro atoms. The van der Waals surface area contributed by atoms with E-state index < -0.39 is 4.92 Å². The summed E-state index contributed by atoms with van der Waals surface area (Å²) in [6, 6.07) is 1.43. The number of nitrogens with zero attached hydrogens (tertiary/aromatic N) is 3. The van der Waals surface area contributed by atoms with Gasteiger partial charge in [0.05, 0.1) is 12.0 Å². The molecule has 0 saturated heterocycles. The summed E-state index contributed by atoms with van der Waals surface area (Å²) >= 11 is 0. The number of ether oxygens (including phenoxy) is 1. The molecule has 7 nitrogen and oxygen atoms in total. The average molecular weight is 253 g/mol. The fourth-order valence-corrected chi connectivity index (χ4v) is 1.54. The lowest BCUT2D eigenvalue weighted by atomic mass is 10.2. The molecule has 0 aromatic carbocycles. The van der Waals surface area contributed by atoms with Gasteiger partial charge in [0, 0.05) is 12.6 Å². The zero-order valence-electron chi connectivity index (χ0n) is 10.5. The van der Waals surface area contributed by atoms with Gasteiger partial charge in [-0.1, -0.05) is 0 Å². The first kappa shape index (κ1) is 13.9. The lowest BCUT2D eigenvalue weighted by Crippen LogP contribution is -2.31. The first-order valence-electron chi connectivity index (χ1n) is 5.42. The highest BCUT2D eigenvalue weighted by atomic mass is 16.6. The lowest BCUT2D eigenvalue weighted by Gasteiger charge is -2.21. The summed E-state index contributed by atoms with van der Waals surface area (Å²) in [7, 11) is 1.31. The molecule has 1 aromatic rings. The van der Waals surface area contributed by atoms with Gasteiger partial charge in [-0.2, -0.15) is 0 Å². The summed E-state index contributed by atoms with van der Waals surface area (Å²) in [4.78, 5) is 27.1. The van der Waals surface area contributed by atoms with Crippen LogP contribution in [0, 0.1) is 17.0 Å². The van der Waals surface area contributed by atoms with Crippen molar-refractivity contribution >= 4 is 17.5 Å². The topological polar surface area (TPSA) is 85.6 Å². The second-order valence-corrected chi connectivity index (χ2v) is 3.68. The van der Waals surface area contributed by atoms with Gasteiger partial charge in [0.1, 0.15) is 18.6 Å². The van der Waals surface area contributed by atoms with E-state index in [9.17, 15) is 14.9 Å². The Bertz CT molecular complexity index is 462. The number of aromatic nitrogens is 1. The molecule has 0 fully saturated rings. The van der Waals surface area contributed by atoms with E-state index in [0.29, 0.717) is 17.9 Å². The van der Waals surface area contributed by atoms with Crippen molar-refractivity contribution in [2.24, 2.45) is 0 Å². The third kappa shape index (κ3) is 3.16. The minimum atomic E-state index is -0.500. The minimum absolute atomic E-state index is 0.0645. The van der Waals surface area contributed by atoms with Crippen molar-refractivity contribution in [3.8, 4) is 0 Å². The molecule has 18 heavy (non-hydrogen) atoms. The molecule has 1 heterocycles. The molecule has 0 bridgehead atoms. The average Bonchev–Trinajstić information content (AvgIpc) is 2.35. The molecule has 0 aliphatic rings. The smallest absolute Gasteiger partial charge is 0.325 e. The lowest BCUT2D eigenvalue weighted by molar-refractivity contribution is -0.385. The van der Waals surface area contributed by atoms with E-state index >= 15 is 0 Å². The van der Waals surface area contributed by atoms with Gasteiger partial charge < -0.3 is 9.64 Å². The van der Waals surface area contributed by atoms with Crippen LogP contribution >= 0.6 is 0 Å². The second-order valence-electron chi connectivity index (χ2n) is 3.68. The molecule has 1 rings (SSSR count). The predicted octanol–water partition coefficient (Wildman–Crippen LogP) is 1.30. The summed E-state index contributed by atoms with van der Waals surface area (Å²) in [6.45, 7) is 4.21. The van der Waals surface area contributed by atoms with E-state index in [1.807, 2.05) is 6.92 Å². The van der Waals surface area contributed by atoms with Gasteiger partial charge in [-0.15, -0.1) is 0 Å². The quantitative estimate of drug-likeness (QED) is 0.446. The van der Waals surface area contributed by atoms with Crippen LogP contribution in [-0.2, 0) is 9.53 Å². The summed E-state index contributed by atoms with van der Waals surface area (Å²) in [5.41, 5.74) is 0.584. The fourth-order valence-electron chi connectivity index (χ4n) is 1.54. The number of carbonyl (C=O) groups is 1. The maximum Gasteiger partial charge on any atom is 0.325 e. The van der Waals surface area contributed by atoms with Crippen LogP contribution in [0.15, 0.2) is 12.3 Å². The number of aryl methyl sites for hydroxylation is 1. The Morgan fingerprint density at radius 1 is 1.61 bits per heavy atom. The molecule has 0 N–H and O–H groups in total. The molecule has 0 radical (unpaired) electrons. The van der Waals surface area contributed by atoms with E-state index in [1.54, 1.807) is 11.8 Å². The third-order valence-electron chi connectivity index (χ3n) is 2.48. The number of pyridine rings is 1. The number of rotatable bonds is 5. The zero-order chi connectivity index (χ0) is 13.7. The highest BCUT2D eigenvalue weighted by Crippen LogP contribution is 2.21. The maximum absolute atomic E-state index is 11.2. The molecule has 0 atom stereocenters. The Kier molecular flexibility index (Phi) is 4.59. The summed E-state index contributed by atoms with van der Waals surface area (Å²) in [6.07, 6.45) is 1.18. The summed E-state index contributed by atoms with van der Waals surface area (Å²) in [5.74, 6) is 0.171. The largest absolute Gasteiger partial charge is 0.468 e. The Morgan fingerprint density at radius 3 is 2.72 bits per heavy atom. The Balaban J connectivity index is 3.00. The molecular formula is C11H15N3O4. The predicted molar refractivity (Wildman–Crippen MR) is 65.5 cm³/mol. The van der Waals surface area contributed by atoms with Gasteiger partial charge in [0.15, 0.2) is 0 Å². The van der Waals surface area contributed by atoms with E-state index in [2.05, 4.69) is 9.72 Å². The molecule has 0 aliphatic heterocycles. The second kappa shape index (κ2) is 5.95. The maximum atomic E-state index is 11.2. The fraction of sp³-hybridized carbons (Fsp3) is 0.455. The molecule has 0 amide bonds. The molecule has 0 aliphatic carbocycles. The number of anilines is 1. The van der Waals surface area contributed by atoms with Crippen molar-refractivity contribution in [2.75, 3.05) is 25.1 Å². The van der Waals surface area contributed by atoms with E-state index in [-0.39, 0.29) is 18.2 Å². The van der Waals surface area contributed by atoms with Crippen LogP contribution in [0.25, 0.3) is 0 Å². The number of hydrogen-bond acceptors (Lipinski definition) is 6. The molecule has 0 saturated carbocycles. The summed E-state index contributed by atoms with van der Waals surface area (Å²) < 4.78 is 4.59. The number of carbonyl (C=O) groups excluding carboxylic acids is 1. The highest BCUT2D eigenvalue weighted by Gasteiger charge is 2.16. The van der Waals surface area contributed by atoms with Gasteiger partial charge in [-0.25, -0.2) is 4.98 Å². The van der Waals surface area contributed by atoms with Gasteiger partial charge in [0.25, 0.3) is 5.69 Å². The Morgan fingerprint density at radius 2 is 2.28 bits per heavy atom. The molecule has 98 valence electrons. The Hall–Kier alpha value is -2.18. The number of likely N-dealkylation sites (N-methyl/N-ethyl adjacent to an activating group) is 1. The van der Waals surface area contributed by atoms with Crippen molar-refractivity contribution in [1.29, 1.82) is 0 Å². The van der Waals surface area contributed by atoms with Crippen LogP contribution in [0.3, 0.4) is 0 Å². The van der Waals surface area contributed by atoms with Crippen LogP contribution in [0.1, 0.15) is 12.5 Å². The van der Waals surface area contributed by atoms with Crippen LogP contribution in [0.5, 0.6) is 0 Å². The van der Waals surface area contributed by atoms with E-state index in [4.69, 9.17) is 0 Å². The van der Waals surface area contributed by atoms with Crippen LogP contribution < -0.4 is 4.90 Å². The Labute approximate surface area is 105 Å². The zero-order valence-corrected chi connectivity index (χ0v) is 10.5. The number of nitro groups is 1. The van der Waals surface area contributed by atoms with E-state index in [1.165, 1.54) is 19.4 Å². The van der Waals surface area contributed by atoms with Gasteiger partial charge in [-0.3, -0.25) is 14.9 Å². The minimum Gasteiger partial charge on any atom is -0.468 e. The van der Waals surface area contributed by atoms with Crippen molar-refractivity contribution in [1.82, 2.24) is 4.98 Å². The first-order valence-corrected chi connectivity index (χ1v) is 5.42. The van der Waals surface area contributed by atoms with Crippen LogP contribution in [-0.4, -0.2) is 36.1 Å². The highest BCUT2D eigenvalue weighted by molar-refractivity contribution is 5.75. The van der Waals surface area contributed by atoms with Crippen molar-refractivity contribution in [3.63, 3.8) is 0 Å². The van der Waals surface area contributed by atoms with Crippen LogP contribution in [0.4, 0.5) is 11.5 Å². The monoisotopic (exact) mass is 253 g/mol. The normalized spacial score (nSPS) is 9.94. The van der Waals surface area contributed by atoms with E-state index in [0.717, 1.165) is 0 Å². The van der Waals surface area contributed by atoms with Gasteiger partial charge >= 0.3 is 5.97 Å². The standard InChI is InChI=1S/C11H15N3O4/c1-4-13(7-10(15)18-3)11-8(2)5-9(6-12-11)14(16)17/h5-6H,4,7H2,1-3H3. The number of hydrogen-bond donors (Lipinski definition) is 0.